The number of halogens is 2. The van der Waals surface area contributed by atoms with Gasteiger partial charge in [-0.3, -0.25) is 0 Å². The van der Waals surface area contributed by atoms with Gasteiger partial charge in [0.15, 0.2) is 16.1 Å². The van der Waals surface area contributed by atoms with Crippen molar-refractivity contribution in [2.75, 3.05) is 0 Å². The number of aryl methyl sites for hydroxylation is 1. The molecule has 0 saturated carbocycles. The fraction of sp³-hybridized carbons (Fsp3) is 0.269. The van der Waals surface area contributed by atoms with Gasteiger partial charge in [-0.05, 0) is 65.3 Å². The summed E-state index contributed by atoms with van der Waals surface area (Å²) in [4.78, 5) is 0. The van der Waals surface area contributed by atoms with Crippen molar-refractivity contribution in [3.63, 3.8) is 0 Å². The molecule has 0 atom stereocenters. The first-order valence-electron chi connectivity index (χ1n) is 10.5. The Morgan fingerprint density at radius 3 is 2.23 bits per heavy atom. The van der Waals surface area contributed by atoms with Crippen LogP contribution in [0.2, 0.25) is 0 Å². The van der Waals surface area contributed by atoms with E-state index >= 15 is 0 Å². The molecule has 0 spiro atoms. The molecule has 4 aromatic rings. The monoisotopic (exact) mass is 422 g/mol. The van der Waals surface area contributed by atoms with Gasteiger partial charge in [-0.25, -0.2) is 4.39 Å². The molecule has 0 N–H and O–H groups in total. The first kappa shape index (κ1) is 20.7. The second-order valence-electron chi connectivity index (χ2n) is 7.75. The Balaban J connectivity index is 1.62. The third-order valence-electron chi connectivity index (χ3n) is 5.63. The summed E-state index contributed by atoms with van der Waals surface area (Å²) in [6.45, 7) is 2.23. The average Bonchev–Trinajstić information content (AvgIpc) is 2.77. The van der Waals surface area contributed by atoms with Crippen LogP contribution in [-0.4, -0.2) is 0 Å². The van der Waals surface area contributed by atoms with E-state index < -0.39 is 11.6 Å². The average molecular weight is 423 g/mol. The molecule has 1 aromatic heterocycles. The maximum Gasteiger partial charge on any atom is 0.201 e. The Morgan fingerprint density at radius 2 is 1.47 bits per heavy atom. The van der Waals surface area contributed by atoms with E-state index in [2.05, 4.69) is 31.2 Å². The smallest absolute Gasteiger partial charge is 0.201 e. The first-order valence-corrected chi connectivity index (χ1v) is 10.9. The SMILES string of the molecule is CCCCCCCc1ccc(-c2ccc3c(c2)c(=S)oc2c(F)c(F)ccc23)cc1. The van der Waals surface area contributed by atoms with Crippen LogP contribution >= 0.6 is 12.2 Å². The van der Waals surface area contributed by atoms with Gasteiger partial charge in [0.25, 0.3) is 0 Å². The normalized spacial score (nSPS) is 11.4. The Labute approximate surface area is 180 Å². The van der Waals surface area contributed by atoms with Gasteiger partial charge in [0.1, 0.15) is 0 Å². The lowest BCUT2D eigenvalue weighted by atomic mass is 9.98. The molecule has 0 amide bonds. The second-order valence-corrected chi connectivity index (χ2v) is 8.12. The summed E-state index contributed by atoms with van der Waals surface area (Å²) in [7, 11) is 0. The Kier molecular flexibility index (Phi) is 6.24. The van der Waals surface area contributed by atoms with Gasteiger partial charge in [0, 0.05) is 10.8 Å². The van der Waals surface area contributed by atoms with Crippen molar-refractivity contribution in [3.05, 3.63) is 76.5 Å². The zero-order valence-electron chi connectivity index (χ0n) is 17.0. The van der Waals surface area contributed by atoms with Crippen LogP contribution in [-0.2, 0) is 6.42 Å². The molecule has 0 fully saturated rings. The third kappa shape index (κ3) is 4.15. The zero-order chi connectivity index (χ0) is 21.1. The van der Waals surface area contributed by atoms with E-state index in [4.69, 9.17) is 16.6 Å². The number of hydrogen-bond donors (Lipinski definition) is 0. The summed E-state index contributed by atoms with van der Waals surface area (Å²) < 4.78 is 33.3. The van der Waals surface area contributed by atoms with Crippen molar-refractivity contribution in [2.24, 2.45) is 0 Å². The molecule has 0 aliphatic heterocycles. The van der Waals surface area contributed by atoms with Crippen LogP contribution in [0.3, 0.4) is 0 Å². The van der Waals surface area contributed by atoms with E-state index in [0.29, 0.717) is 5.39 Å². The van der Waals surface area contributed by atoms with E-state index in [-0.39, 0.29) is 10.3 Å². The largest absolute Gasteiger partial charge is 0.441 e. The molecule has 4 heteroatoms. The standard InChI is InChI=1S/C26H24F2OS/c1-2-3-4-5-6-7-17-8-10-18(11-9-17)19-12-13-20-21-14-15-23(27)24(28)25(21)29-26(30)22(20)16-19/h8-16H,2-7H2,1H3. The maximum atomic E-state index is 14.1. The van der Waals surface area contributed by atoms with E-state index in [1.165, 1.54) is 43.7 Å². The first-order chi connectivity index (χ1) is 14.6. The third-order valence-corrected chi connectivity index (χ3v) is 5.93. The summed E-state index contributed by atoms with van der Waals surface area (Å²) in [5.74, 6) is -1.95. The summed E-state index contributed by atoms with van der Waals surface area (Å²) in [6.07, 6.45) is 7.50. The molecule has 0 radical (unpaired) electrons. The Bertz CT molecular complexity index is 1240. The molecule has 30 heavy (non-hydrogen) atoms. The molecule has 0 bridgehead atoms. The van der Waals surface area contributed by atoms with Crippen LogP contribution in [0.5, 0.6) is 0 Å². The lowest BCUT2D eigenvalue weighted by Gasteiger charge is -2.09. The molecule has 0 aliphatic carbocycles. The number of benzene rings is 3. The predicted molar refractivity (Wildman–Crippen MR) is 122 cm³/mol. The van der Waals surface area contributed by atoms with Crippen LogP contribution in [0, 0.1) is 16.3 Å². The topological polar surface area (TPSA) is 13.1 Å². The second kappa shape index (κ2) is 9.05. The van der Waals surface area contributed by atoms with Gasteiger partial charge in [0.2, 0.25) is 5.82 Å². The van der Waals surface area contributed by atoms with Crippen molar-refractivity contribution in [3.8, 4) is 11.1 Å². The van der Waals surface area contributed by atoms with Gasteiger partial charge in [0.05, 0.1) is 0 Å². The summed E-state index contributed by atoms with van der Waals surface area (Å²) in [6, 6.07) is 17.1. The minimum Gasteiger partial charge on any atom is -0.441 e. The summed E-state index contributed by atoms with van der Waals surface area (Å²) >= 11 is 5.34. The number of hydrogen-bond acceptors (Lipinski definition) is 2. The molecule has 0 saturated heterocycles. The van der Waals surface area contributed by atoms with Gasteiger partial charge in [-0.2, -0.15) is 4.39 Å². The molecular formula is C26H24F2OS. The van der Waals surface area contributed by atoms with E-state index in [1.54, 1.807) is 0 Å². The zero-order valence-corrected chi connectivity index (χ0v) is 17.8. The Morgan fingerprint density at radius 1 is 0.767 bits per heavy atom. The maximum absolute atomic E-state index is 14.1. The van der Waals surface area contributed by atoms with Crippen LogP contribution < -0.4 is 0 Å². The molecule has 1 nitrogen and oxygen atoms in total. The number of unbranched alkanes of at least 4 members (excludes halogenated alkanes) is 4. The minimum absolute atomic E-state index is 0.136. The van der Waals surface area contributed by atoms with Crippen LogP contribution in [0.1, 0.15) is 44.6 Å². The lowest BCUT2D eigenvalue weighted by molar-refractivity contribution is 0.486. The van der Waals surface area contributed by atoms with Gasteiger partial charge >= 0.3 is 0 Å². The van der Waals surface area contributed by atoms with E-state index in [1.807, 2.05) is 18.2 Å². The van der Waals surface area contributed by atoms with Crippen molar-refractivity contribution in [1.82, 2.24) is 0 Å². The van der Waals surface area contributed by atoms with E-state index in [9.17, 15) is 8.78 Å². The summed E-state index contributed by atoms with van der Waals surface area (Å²) in [5, 5.41) is 2.00. The van der Waals surface area contributed by atoms with Crippen LogP contribution in [0.25, 0.3) is 32.9 Å². The van der Waals surface area contributed by atoms with Crippen molar-refractivity contribution >= 4 is 34.0 Å². The number of rotatable bonds is 7. The molecule has 0 aliphatic rings. The number of fused-ring (bicyclic) bond motifs is 3. The van der Waals surface area contributed by atoms with Crippen molar-refractivity contribution in [1.29, 1.82) is 0 Å². The molecule has 0 unspecified atom stereocenters. The van der Waals surface area contributed by atoms with Gasteiger partial charge in [-0.15, -0.1) is 0 Å². The minimum atomic E-state index is -1.00. The van der Waals surface area contributed by atoms with E-state index in [0.717, 1.165) is 34.4 Å². The molecule has 154 valence electrons. The highest BCUT2D eigenvalue weighted by molar-refractivity contribution is 7.71. The highest BCUT2D eigenvalue weighted by Gasteiger charge is 2.14. The van der Waals surface area contributed by atoms with Crippen molar-refractivity contribution < 1.29 is 13.2 Å². The lowest BCUT2D eigenvalue weighted by Crippen LogP contribution is -1.89. The fourth-order valence-electron chi connectivity index (χ4n) is 3.92. The molecule has 1 heterocycles. The molecule has 4 rings (SSSR count). The highest BCUT2D eigenvalue weighted by atomic mass is 32.1. The van der Waals surface area contributed by atoms with Gasteiger partial charge in [-0.1, -0.05) is 69.0 Å². The van der Waals surface area contributed by atoms with Crippen molar-refractivity contribution in [2.45, 2.75) is 45.4 Å². The Hall–Kier alpha value is -2.59. The molecule has 3 aromatic carbocycles. The van der Waals surface area contributed by atoms with Crippen LogP contribution in [0.4, 0.5) is 8.78 Å². The highest BCUT2D eigenvalue weighted by Crippen LogP contribution is 2.32. The predicted octanol–water partition coefficient (Wildman–Crippen LogP) is 8.77. The molecular weight excluding hydrogens is 398 g/mol. The fourth-order valence-corrected chi connectivity index (χ4v) is 4.17. The van der Waals surface area contributed by atoms with Gasteiger partial charge < -0.3 is 4.42 Å². The quantitative estimate of drug-likeness (QED) is 0.168. The van der Waals surface area contributed by atoms with Crippen LogP contribution in [0.15, 0.2) is 59.0 Å². The summed E-state index contributed by atoms with van der Waals surface area (Å²) in [5.41, 5.74) is 3.31.